The number of methoxy groups -OCH3 is 1. The molecule has 0 bridgehead atoms. The SMILES string of the molecule is COCCNC(=O)CN1CCN(CC(=O)N(CC(C)C)CC(C)C)CC1. The topological polar surface area (TPSA) is 65.1 Å². The summed E-state index contributed by atoms with van der Waals surface area (Å²) >= 11 is 0. The number of ether oxygens (including phenoxy) is 1. The molecule has 0 saturated carbocycles. The largest absolute Gasteiger partial charge is 0.383 e. The van der Waals surface area contributed by atoms with Crippen LogP contribution in [0.15, 0.2) is 0 Å². The minimum Gasteiger partial charge on any atom is -0.383 e. The van der Waals surface area contributed by atoms with Crippen molar-refractivity contribution in [3.63, 3.8) is 0 Å². The van der Waals surface area contributed by atoms with Gasteiger partial charge in [0.05, 0.1) is 19.7 Å². The van der Waals surface area contributed by atoms with Crippen molar-refractivity contribution in [1.82, 2.24) is 20.0 Å². The Morgan fingerprint density at radius 1 is 0.962 bits per heavy atom. The van der Waals surface area contributed by atoms with Gasteiger partial charge in [-0.3, -0.25) is 19.4 Å². The van der Waals surface area contributed by atoms with Gasteiger partial charge in [0.25, 0.3) is 0 Å². The molecule has 0 atom stereocenters. The lowest BCUT2D eigenvalue weighted by Crippen LogP contribution is -2.52. The van der Waals surface area contributed by atoms with Crippen molar-refractivity contribution in [2.45, 2.75) is 27.7 Å². The van der Waals surface area contributed by atoms with E-state index in [1.165, 1.54) is 0 Å². The van der Waals surface area contributed by atoms with Crippen molar-refractivity contribution in [1.29, 1.82) is 0 Å². The van der Waals surface area contributed by atoms with Crippen LogP contribution in [0.25, 0.3) is 0 Å². The number of nitrogens with zero attached hydrogens (tertiary/aromatic N) is 3. The van der Waals surface area contributed by atoms with Gasteiger partial charge in [-0.1, -0.05) is 27.7 Å². The predicted octanol–water partition coefficient (Wildman–Crippen LogP) is 0.507. The van der Waals surface area contributed by atoms with Crippen LogP contribution in [0.5, 0.6) is 0 Å². The van der Waals surface area contributed by atoms with E-state index in [0.717, 1.165) is 39.3 Å². The van der Waals surface area contributed by atoms with Gasteiger partial charge in [0.2, 0.25) is 11.8 Å². The van der Waals surface area contributed by atoms with Crippen LogP contribution in [-0.2, 0) is 14.3 Å². The summed E-state index contributed by atoms with van der Waals surface area (Å²) in [4.78, 5) is 30.9. The van der Waals surface area contributed by atoms with Crippen LogP contribution >= 0.6 is 0 Å². The van der Waals surface area contributed by atoms with Gasteiger partial charge in [-0.05, 0) is 11.8 Å². The maximum atomic E-state index is 12.7. The van der Waals surface area contributed by atoms with Crippen LogP contribution in [-0.4, -0.2) is 99.1 Å². The van der Waals surface area contributed by atoms with Gasteiger partial charge in [-0.15, -0.1) is 0 Å². The first-order valence-electron chi connectivity index (χ1n) is 9.80. The molecule has 1 fully saturated rings. The van der Waals surface area contributed by atoms with Crippen LogP contribution in [0.1, 0.15) is 27.7 Å². The highest BCUT2D eigenvalue weighted by Crippen LogP contribution is 2.07. The van der Waals surface area contributed by atoms with Crippen LogP contribution < -0.4 is 5.32 Å². The van der Waals surface area contributed by atoms with Crippen molar-refractivity contribution in [2.24, 2.45) is 11.8 Å². The summed E-state index contributed by atoms with van der Waals surface area (Å²) in [6.07, 6.45) is 0. The second-order valence-electron chi connectivity index (χ2n) is 7.98. The van der Waals surface area contributed by atoms with E-state index in [9.17, 15) is 9.59 Å². The second kappa shape index (κ2) is 12.3. The van der Waals surface area contributed by atoms with Crippen LogP contribution in [0, 0.1) is 11.8 Å². The van der Waals surface area contributed by atoms with Gasteiger partial charge in [0.15, 0.2) is 0 Å². The summed E-state index contributed by atoms with van der Waals surface area (Å²) in [6.45, 7) is 15.5. The third-order valence-electron chi connectivity index (χ3n) is 4.34. The molecule has 1 saturated heterocycles. The van der Waals surface area contributed by atoms with Gasteiger partial charge in [-0.25, -0.2) is 0 Å². The van der Waals surface area contributed by atoms with E-state index in [2.05, 4.69) is 42.8 Å². The van der Waals surface area contributed by atoms with Crippen molar-refractivity contribution in [3.05, 3.63) is 0 Å². The zero-order chi connectivity index (χ0) is 19.5. The molecule has 0 aromatic rings. The van der Waals surface area contributed by atoms with E-state index in [0.29, 0.717) is 38.1 Å². The summed E-state index contributed by atoms with van der Waals surface area (Å²) in [5, 5.41) is 2.85. The summed E-state index contributed by atoms with van der Waals surface area (Å²) < 4.78 is 4.93. The molecule has 1 aliphatic heterocycles. The quantitative estimate of drug-likeness (QED) is 0.537. The Balaban J connectivity index is 2.35. The number of hydrogen-bond donors (Lipinski definition) is 1. The zero-order valence-corrected chi connectivity index (χ0v) is 17.3. The van der Waals surface area contributed by atoms with Gasteiger partial charge in [-0.2, -0.15) is 0 Å². The smallest absolute Gasteiger partial charge is 0.236 e. The fraction of sp³-hybridized carbons (Fsp3) is 0.895. The molecule has 7 nitrogen and oxygen atoms in total. The lowest BCUT2D eigenvalue weighted by molar-refractivity contribution is -0.134. The molecule has 1 rings (SSSR count). The molecule has 0 aromatic carbocycles. The molecule has 1 heterocycles. The predicted molar refractivity (Wildman–Crippen MR) is 104 cm³/mol. The Morgan fingerprint density at radius 3 is 1.92 bits per heavy atom. The molecule has 0 aliphatic carbocycles. The van der Waals surface area contributed by atoms with Gasteiger partial charge < -0.3 is 15.0 Å². The molecule has 0 spiro atoms. The molecule has 26 heavy (non-hydrogen) atoms. The number of carbonyl (C=O) groups excluding carboxylic acids is 2. The Hall–Kier alpha value is -1.18. The van der Waals surface area contributed by atoms with Crippen LogP contribution in [0.4, 0.5) is 0 Å². The number of hydrogen-bond acceptors (Lipinski definition) is 5. The monoisotopic (exact) mass is 370 g/mol. The number of rotatable bonds is 11. The molecule has 1 N–H and O–H groups in total. The lowest BCUT2D eigenvalue weighted by atomic mass is 10.1. The molecule has 0 radical (unpaired) electrons. The Kier molecular flexibility index (Phi) is 10.8. The van der Waals surface area contributed by atoms with Gasteiger partial charge in [0.1, 0.15) is 0 Å². The zero-order valence-electron chi connectivity index (χ0n) is 17.3. The normalized spacial score (nSPS) is 16.3. The molecular weight excluding hydrogens is 332 g/mol. The van der Waals surface area contributed by atoms with Crippen molar-refractivity contribution < 1.29 is 14.3 Å². The summed E-state index contributed by atoms with van der Waals surface area (Å²) in [6, 6.07) is 0. The van der Waals surface area contributed by atoms with Gasteiger partial charge in [0, 0.05) is 52.9 Å². The molecular formula is C19H38N4O3. The highest BCUT2D eigenvalue weighted by molar-refractivity contribution is 5.78. The van der Waals surface area contributed by atoms with Crippen molar-refractivity contribution >= 4 is 11.8 Å². The van der Waals surface area contributed by atoms with Crippen molar-refractivity contribution in [3.8, 4) is 0 Å². The van der Waals surface area contributed by atoms with Crippen LogP contribution in [0.2, 0.25) is 0 Å². The lowest BCUT2D eigenvalue weighted by Gasteiger charge is -2.35. The first-order valence-corrected chi connectivity index (χ1v) is 9.80. The molecule has 1 aliphatic rings. The number of carbonyl (C=O) groups is 2. The third-order valence-corrected chi connectivity index (χ3v) is 4.34. The minimum absolute atomic E-state index is 0.0339. The Morgan fingerprint density at radius 2 is 1.46 bits per heavy atom. The first kappa shape index (κ1) is 22.9. The summed E-state index contributed by atoms with van der Waals surface area (Å²) in [5.41, 5.74) is 0. The average Bonchev–Trinajstić information content (AvgIpc) is 2.55. The van der Waals surface area contributed by atoms with E-state index >= 15 is 0 Å². The van der Waals surface area contributed by atoms with E-state index < -0.39 is 0 Å². The van der Waals surface area contributed by atoms with E-state index in [1.54, 1.807) is 7.11 Å². The van der Waals surface area contributed by atoms with E-state index in [1.807, 2.05) is 4.90 Å². The number of amides is 2. The number of piperazine rings is 1. The van der Waals surface area contributed by atoms with Crippen molar-refractivity contribution in [2.75, 3.05) is 72.6 Å². The minimum atomic E-state index is 0.0339. The fourth-order valence-corrected chi connectivity index (χ4v) is 3.11. The summed E-state index contributed by atoms with van der Waals surface area (Å²) in [7, 11) is 1.62. The molecule has 152 valence electrons. The third kappa shape index (κ3) is 9.50. The molecule has 0 unspecified atom stereocenters. The van der Waals surface area contributed by atoms with Crippen LogP contribution in [0.3, 0.4) is 0 Å². The Labute approximate surface area is 159 Å². The molecule has 2 amide bonds. The second-order valence-corrected chi connectivity index (χ2v) is 7.98. The van der Waals surface area contributed by atoms with E-state index in [4.69, 9.17) is 4.74 Å². The maximum absolute atomic E-state index is 12.7. The van der Waals surface area contributed by atoms with E-state index in [-0.39, 0.29) is 11.8 Å². The maximum Gasteiger partial charge on any atom is 0.236 e. The van der Waals surface area contributed by atoms with Gasteiger partial charge >= 0.3 is 0 Å². The highest BCUT2D eigenvalue weighted by atomic mass is 16.5. The fourth-order valence-electron chi connectivity index (χ4n) is 3.11. The number of nitrogens with one attached hydrogen (secondary N) is 1. The first-order chi connectivity index (χ1) is 12.3. The standard InChI is InChI=1S/C19H38N4O3/c1-16(2)12-23(13-17(3)4)19(25)15-22-9-7-21(8-10-22)14-18(24)20-6-11-26-5/h16-17H,6-15H2,1-5H3,(H,20,24). The summed E-state index contributed by atoms with van der Waals surface area (Å²) in [5.74, 6) is 1.21. The molecule has 0 aromatic heterocycles. The Bertz CT molecular complexity index is 411. The molecule has 7 heteroatoms. The average molecular weight is 371 g/mol. The highest BCUT2D eigenvalue weighted by Gasteiger charge is 2.23.